The van der Waals surface area contributed by atoms with Crippen molar-refractivity contribution in [2.24, 2.45) is 0 Å². The summed E-state index contributed by atoms with van der Waals surface area (Å²) in [5, 5.41) is 42.7. The first-order valence-corrected chi connectivity index (χ1v) is 14.9. The summed E-state index contributed by atoms with van der Waals surface area (Å²) in [6, 6.07) is 8.46. The molecule has 2 aromatic carbocycles. The fourth-order valence-corrected chi connectivity index (χ4v) is 6.14. The Morgan fingerprint density at radius 2 is 1.03 bits per heavy atom. The van der Waals surface area contributed by atoms with Gasteiger partial charge in [0.15, 0.2) is 0 Å². The molecule has 2 aromatic rings. The summed E-state index contributed by atoms with van der Waals surface area (Å²) in [4.78, 5) is 0. The molecule has 0 spiro atoms. The maximum atomic E-state index is 11.8. The van der Waals surface area contributed by atoms with Crippen molar-refractivity contribution in [2.75, 3.05) is 13.2 Å². The lowest BCUT2D eigenvalue weighted by molar-refractivity contribution is 0.288. The fourth-order valence-electron chi connectivity index (χ4n) is 6.14. The van der Waals surface area contributed by atoms with Crippen LogP contribution in [-0.4, -0.2) is 33.6 Å². The molecule has 0 aliphatic heterocycles. The summed E-state index contributed by atoms with van der Waals surface area (Å²) in [7, 11) is 0. The van der Waals surface area contributed by atoms with Crippen LogP contribution < -0.4 is 0 Å². The number of benzene rings is 2. The Morgan fingerprint density at radius 1 is 0.632 bits per heavy atom. The molecule has 4 nitrogen and oxygen atoms in total. The van der Waals surface area contributed by atoms with Gasteiger partial charge >= 0.3 is 0 Å². The van der Waals surface area contributed by atoms with Crippen LogP contribution in [0.15, 0.2) is 24.3 Å². The number of aryl methyl sites for hydroxylation is 2. The Bertz CT molecular complexity index is 942. The summed E-state index contributed by atoms with van der Waals surface area (Å²) < 4.78 is 0. The molecule has 2 rings (SSSR count). The van der Waals surface area contributed by atoms with E-state index in [1.165, 1.54) is 0 Å². The summed E-state index contributed by atoms with van der Waals surface area (Å²) in [5.74, 6) is 0.517. The molecule has 0 heterocycles. The van der Waals surface area contributed by atoms with Crippen LogP contribution in [0, 0.1) is 0 Å². The van der Waals surface area contributed by atoms with Crippen molar-refractivity contribution in [3.63, 3.8) is 0 Å². The van der Waals surface area contributed by atoms with Gasteiger partial charge in [0, 0.05) is 41.4 Å². The summed E-state index contributed by atoms with van der Waals surface area (Å²) >= 11 is 0. The maximum absolute atomic E-state index is 11.8. The highest BCUT2D eigenvalue weighted by Gasteiger charge is 2.32. The first kappa shape index (κ1) is 32.2. The zero-order valence-electron chi connectivity index (χ0n) is 25.2. The van der Waals surface area contributed by atoms with E-state index in [-0.39, 0.29) is 30.0 Å². The quantitative estimate of drug-likeness (QED) is 0.178. The Balaban J connectivity index is 2.86. The monoisotopic (exact) mass is 526 g/mol. The van der Waals surface area contributed by atoms with E-state index >= 15 is 0 Å². The number of phenolic OH excluding ortho intramolecular Hbond substituents is 2. The van der Waals surface area contributed by atoms with Gasteiger partial charge in [0.2, 0.25) is 0 Å². The van der Waals surface area contributed by atoms with Gasteiger partial charge in [-0.1, -0.05) is 92.0 Å². The van der Waals surface area contributed by atoms with Crippen LogP contribution in [0.4, 0.5) is 0 Å². The maximum Gasteiger partial charge on any atom is 0.123 e. The van der Waals surface area contributed by atoms with Gasteiger partial charge in [-0.3, -0.25) is 0 Å². The lowest BCUT2D eigenvalue weighted by Gasteiger charge is -2.32. The largest absolute Gasteiger partial charge is 0.507 e. The smallest absolute Gasteiger partial charge is 0.123 e. The zero-order chi connectivity index (χ0) is 28.5. The molecule has 0 unspecified atom stereocenters. The van der Waals surface area contributed by atoms with Crippen LogP contribution in [0.25, 0.3) is 0 Å². The number of hydrogen-bond acceptors (Lipinski definition) is 4. The highest BCUT2D eigenvalue weighted by molar-refractivity contribution is 5.56. The molecule has 0 bridgehead atoms. The van der Waals surface area contributed by atoms with Crippen molar-refractivity contribution in [3.05, 3.63) is 57.6 Å². The van der Waals surface area contributed by atoms with Gasteiger partial charge in [0.05, 0.1) is 0 Å². The van der Waals surface area contributed by atoms with Crippen LogP contribution in [0.5, 0.6) is 11.5 Å². The van der Waals surface area contributed by atoms with E-state index in [0.717, 1.165) is 84.7 Å². The Kier molecular flexibility index (Phi) is 12.2. The molecule has 214 valence electrons. The summed E-state index contributed by atoms with van der Waals surface area (Å²) in [6.45, 7) is 15.5. The first-order valence-electron chi connectivity index (χ1n) is 14.9. The minimum absolute atomic E-state index is 0.131. The fraction of sp³-hybridized carbons (Fsp3) is 0.647. The second-order valence-electron chi connectivity index (χ2n) is 12.4. The van der Waals surface area contributed by atoms with Gasteiger partial charge < -0.3 is 20.4 Å². The topological polar surface area (TPSA) is 80.9 Å². The van der Waals surface area contributed by atoms with Gasteiger partial charge in [0.25, 0.3) is 0 Å². The third kappa shape index (κ3) is 7.76. The molecule has 0 aliphatic rings. The van der Waals surface area contributed by atoms with Crippen molar-refractivity contribution in [1.82, 2.24) is 0 Å². The van der Waals surface area contributed by atoms with E-state index in [4.69, 9.17) is 0 Å². The third-order valence-electron chi connectivity index (χ3n) is 8.18. The Labute approximate surface area is 232 Å². The molecule has 38 heavy (non-hydrogen) atoms. The molecule has 4 N–H and O–H groups in total. The highest BCUT2D eigenvalue weighted by atomic mass is 16.3. The molecule has 0 aromatic heterocycles. The van der Waals surface area contributed by atoms with Crippen molar-refractivity contribution in [1.29, 1.82) is 0 Å². The van der Waals surface area contributed by atoms with Gasteiger partial charge in [-0.15, -0.1) is 0 Å². The average Bonchev–Trinajstić information content (AvgIpc) is 2.86. The number of hydrogen-bond donors (Lipinski definition) is 4. The van der Waals surface area contributed by atoms with Gasteiger partial charge in [-0.2, -0.15) is 0 Å². The van der Waals surface area contributed by atoms with Crippen LogP contribution in [-0.2, 0) is 23.7 Å². The lowest BCUT2D eigenvalue weighted by Crippen LogP contribution is -2.20. The van der Waals surface area contributed by atoms with E-state index in [2.05, 4.69) is 72.7 Å². The van der Waals surface area contributed by atoms with Gasteiger partial charge in [0.1, 0.15) is 11.5 Å². The number of rotatable bonds is 16. The molecule has 0 fully saturated rings. The number of aliphatic hydroxyl groups is 2. The molecule has 0 amide bonds. The Morgan fingerprint density at radius 3 is 1.34 bits per heavy atom. The van der Waals surface area contributed by atoms with E-state index in [1.807, 2.05) is 0 Å². The number of phenols is 2. The van der Waals surface area contributed by atoms with E-state index in [9.17, 15) is 20.4 Å². The van der Waals surface area contributed by atoms with E-state index in [0.29, 0.717) is 24.3 Å². The van der Waals surface area contributed by atoms with Crippen molar-refractivity contribution in [3.8, 4) is 11.5 Å². The molecule has 0 atom stereocenters. The molecule has 0 radical (unpaired) electrons. The predicted octanol–water partition coefficient (Wildman–Crippen LogP) is 8.04. The lowest BCUT2D eigenvalue weighted by atomic mass is 9.74. The van der Waals surface area contributed by atoms with E-state index < -0.39 is 0 Å². The average molecular weight is 527 g/mol. The van der Waals surface area contributed by atoms with Crippen molar-refractivity contribution in [2.45, 2.75) is 129 Å². The van der Waals surface area contributed by atoms with Crippen LogP contribution in [0.1, 0.15) is 139 Å². The minimum Gasteiger partial charge on any atom is -0.507 e. The molecule has 0 saturated carbocycles. The predicted molar refractivity (Wildman–Crippen MR) is 160 cm³/mol. The zero-order valence-corrected chi connectivity index (χ0v) is 25.2. The van der Waals surface area contributed by atoms with Gasteiger partial charge in [-0.05, 0) is 66.9 Å². The van der Waals surface area contributed by atoms with Crippen molar-refractivity contribution < 1.29 is 20.4 Å². The van der Waals surface area contributed by atoms with Crippen molar-refractivity contribution >= 4 is 0 Å². The second-order valence-corrected chi connectivity index (χ2v) is 12.4. The highest BCUT2D eigenvalue weighted by Crippen LogP contribution is 2.47. The first-order chi connectivity index (χ1) is 18.0. The molecule has 0 saturated heterocycles. The number of aliphatic hydroxyl groups excluding tert-OH is 2. The molecule has 4 heteroatoms. The normalized spacial score (nSPS) is 12.5. The number of aromatic hydroxyl groups is 2. The minimum atomic E-state index is -0.196. The summed E-state index contributed by atoms with van der Waals surface area (Å²) in [5.41, 5.74) is 5.49. The SMILES string of the molecule is CCCC(c1cc(CCCO)cc(C(C)(C)CCC)c1O)c1cc(CCCO)cc(C(C)(C)CCC)c1O. The van der Waals surface area contributed by atoms with Crippen LogP contribution >= 0.6 is 0 Å². The molecule has 0 aliphatic carbocycles. The Hall–Kier alpha value is -2.04. The third-order valence-corrected chi connectivity index (χ3v) is 8.18. The second kappa shape index (κ2) is 14.4. The van der Waals surface area contributed by atoms with Crippen LogP contribution in [0.3, 0.4) is 0 Å². The molecular formula is C34H54O4. The molecular weight excluding hydrogens is 472 g/mol. The van der Waals surface area contributed by atoms with Crippen LogP contribution in [0.2, 0.25) is 0 Å². The summed E-state index contributed by atoms with van der Waals surface area (Å²) in [6.07, 6.45) is 8.50. The van der Waals surface area contributed by atoms with Gasteiger partial charge in [-0.25, -0.2) is 0 Å². The standard InChI is InChI=1S/C34H54O4/c1-8-13-26(27-20-24(14-11-18-35)22-29(31(27)37)33(4,5)16-9-2)28-21-25(15-12-19-36)23-30(32(28)38)34(6,7)17-10-3/h20-23,26,35-38H,8-19H2,1-7H3. The van der Waals surface area contributed by atoms with E-state index in [1.54, 1.807) is 0 Å².